The van der Waals surface area contributed by atoms with Crippen molar-refractivity contribution in [2.24, 2.45) is 28.6 Å². The van der Waals surface area contributed by atoms with Gasteiger partial charge in [-0.15, -0.1) is 0 Å². The third kappa shape index (κ3) is 2.09. The van der Waals surface area contributed by atoms with Crippen molar-refractivity contribution in [1.82, 2.24) is 0 Å². The largest absolute Gasteiger partial charge is 0.393 e. The summed E-state index contributed by atoms with van der Waals surface area (Å²) in [4.78, 5) is 24.4. The van der Waals surface area contributed by atoms with Gasteiger partial charge < -0.3 is 10.2 Å². The molecule has 4 heteroatoms. The Bertz CT molecular complexity index is 722. The summed E-state index contributed by atoms with van der Waals surface area (Å²) >= 11 is 0. The summed E-state index contributed by atoms with van der Waals surface area (Å²) in [5.41, 5.74) is -1.04. The van der Waals surface area contributed by atoms with Gasteiger partial charge in [-0.05, 0) is 56.1 Å². The van der Waals surface area contributed by atoms with Crippen LogP contribution in [0.25, 0.3) is 0 Å². The molecule has 4 aliphatic rings. The molecule has 0 amide bonds. The van der Waals surface area contributed by atoms with Gasteiger partial charge in [0.25, 0.3) is 0 Å². The van der Waals surface area contributed by atoms with Gasteiger partial charge in [0, 0.05) is 23.2 Å². The molecule has 0 unspecified atom stereocenters. The van der Waals surface area contributed by atoms with E-state index in [1.54, 1.807) is 12.2 Å². The highest BCUT2D eigenvalue weighted by Crippen LogP contribution is 2.67. The first kappa shape index (κ1) is 18.1. The second-order valence-electron chi connectivity index (χ2n) is 9.39. The predicted molar refractivity (Wildman–Crippen MR) is 98.3 cm³/mol. The van der Waals surface area contributed by atoms with Crippen molar-refractivity contribution in [2.45, 2.75) is 71.0 Å². The fraction of sp³-hybridized carbons (Fsp3) is 0.727. The zero-order valence-corrected chi connectivity index (χ0v) is 16.0. The van der Waals surface area contributed by atoms with E-state index in [1.807, 2.05) is 19.9 Å². The van der Waals surface area contributed by atoms with Crippen molar-refractivity contribution in [3.05, 3.63) is 23.8 Å². The summed E-state index contributed by atoms with van der Waals surface area (Å²) in [6.07, 6.45) is 8.70. The third-order valence-corrected chi connectivity index (χ3v) is 8.43. The fourth-order valence-corrected chi connectivity index (χ4v) is 7.08. The van der Waals surface area contributed by atoms with Gasteiger partial charge in [0.15, 0.2) is 11.6 Å². The molecule has 0 radical (unpaired) electrons. The van der Waals surface area contributed by atoms with E-state index in [-0.39, 0.29) is 34.7 Å². The van der Waals surface area contributed by atoms with E-state index in [1.165, 1.54) is 0 Å². The third-order valence-electron chi connectivity index (χ3n) is 8.43. The smallest absolute Gasteiger partial charge is 0.178 e. The summed E-state index contributed by atoms with van der Waals surface area (Å²) in [6.45, 7) is 5.97. The number of Topliss-reactive ketones (excluding diaryl/α,β-unsaturated/α-hetero) is 1. The number of aliphatic hydroxyl groups is 2. The quantitative estimate of drug-likeness (QED) is 0.796. The van der Waals surface area contributed by atoms with Crippen LogP contribution in [0.15, 0.2) is 23.8 Å². The summed E-state index contributed by atoms with van der Waals surface area (Å²) in [5.74, 6) is 0.501. The minimum atomic E-state index is -1.31. The molecule has 0 spiro atoms. The normalized spacial score (nSPS) is 49.9. The standard InChI is InChI=1S/C22H30O4/c1-4-18(25)22(26)10-8-16-15-6-5-13-11-14(23)7-9-20(13,2)19(15)17(24)12-21(16,22)3/h7,9,11,15-17,19,24,26H,4-6,8,10,12H2,1-3H3/t15-,16-,17-,19+,20-,21-,22-/m0/s1. The number of carbonyl (C=O) groups is 2. The number of ketones is 2. The molecule has 3 saturated carbocycles. The van der Waals surface area contributed by atoms with Crippen molar-refractivity contribution in [3.63, 3.8) is 0 Å². The maximum atomic E-state index is 12.6. The molecule has 7 atom stereocenters. The number of rotatable bonds is 2. The molecular formula is C22H30O4. The van der Waals surface area contributed by atoms with Crippen LogP contribution in [0.4, 0.5) is 0 Å². The summed E-state index contributed by atoms with van der Waals surface area (Å²) in [6, 6.07) is 0. The molecule has 4 aliphatic carbocycles. The molecule has 0 aromatic rings. The first-order chi connectivity index (χ1) is 12.2. The van der Waals surface area contributed by atoms with Crippen LogP contribution in [0.1, 0.15) is 59.3 Å². The van der Waals surface area contributed by atoms with Crippen LogP contribution in [0.3, 0.4) is 0 Å². The topological polar surface area (TPSA) is 74.6 Å². The van der Waals surface area contributed by atoms with Crippen molar-refractivity contribution >= 4 is 11.6 Å². The highest BCUT2D eigenvalue weighted by molar-refractivity contribution is 6.01. The lowest BCUT2D eigenvalue weighted by Gasteiger charge is -2.59. The van der Waals surface area contributed by atoms with Crippen LogP contribution in [-0.4, -0.2) is 33.5 Å². The molecule has 0 aliphatic heterocycles. The van der Waals surface area contributed by atoms with Gasteiger partial charge in [-0.1, -0.05) is 32.4 Å². The zero-order valence-electron chi connectivity index (χ0n) is 16.0. The number of hydrogen-bond donors (Lipinski definition) is 2. The average Bonchev–Trinajstić information content (AvgIpc) is 2.86. The average molecular weight is 358 g/mol. The molecule has 0 aromatic heterocycles. The Balaban J connectivity index is 1.75. The van der Waals surface area contributed by atoms with E-state index in [0.29, 0.717) is 19.3 Å². The van der Waals surface area contributed by atoms with Gasteiger partial charge >= 0.3 is 0 Å². The van der Waals surface area contributed by atoms with Gasteiger partial charge in [-0.2, -0.15) is 0 Å². The van der Waals surface area contributed by atoms with Crippen molar-refractivity contribution < 1.29 is 19.8 Å². The Hall–Kier alpha value is -1.26. The fourth-order valence-electron chi connectivity index (χ4n) is 7.08. The Labute approximate surface area is 155 Å². The molecule has 4 nitrogen and oxygen atoms in total. The zero-order chi connectivity index (χ0) is 18.9. The molecular weight excluding hydrogens is 328 g/mol. The second kappa shape index (κ2) is 5.62. The first-order valence-electron chi connectivity index (χ1n) is 10.1. The monoisotopic (exact) mass is 358 g/mol. The molecule has 142 valence electrons. The van der Waals surface area contributed by atoms with Gasteiger partial charge in [-0.3, -0.25) is 9.59 Å². The van der Waals surface area contributed by atoms with Crippen LogP contribution in [0, 0.1) is 28.6 Å². The van der Waals surface area contributed by atoms with E-state index in [9.17, 15) is 19.8 Å². The van der Waals surface area contributed by atoms with E-state index < -0.39 is 17.1 Å². The molecule has 0 saturated heterocycles. The molecule has 26 heavy (non-hydrogen) atoms. The van der Waals surface area contributed by atoms with E-state index in [0.717, 1.165) is 24.8 Å². The molecule has 4 rings (SSSR count). The lowest BCUT2D eigenvalue weighted by atomic mass is 9.46. The van der Waals surface area contributed by atoms with Gasteiger partial charge in [0.1, 0.15) is 5.60 Å². The van der Waals surface area contributed by atoms with Crippen LogP contribution >= 0.6 is 0 Å². The van der Waals surface area contributed by atoms with Crippen LogP contribution in [-0.2, 0) is 9.59 Å². The highest BCUT2D eigenvalue weighted by Gasteiger charge is 2.67. The second-order valence-corrected chi connectivity index (χ2v) is 9.39. The van der Waals surface area contributed by atoms with E-state index >= 15 is 0 Å². The van der Waals surface area contributed by atoms with Crippen LogP contribution in [0.5, 0.6) is 0 Å². The van der Waals surface area contributed by atoms with Crippen LogP contribution in [0.2, 0.25) is 0 Å². The molecule has 0 aromatic carbocycles. The predicted octanol–water partition coefficient (Wildman–Crippen LogP) is 2.98. The van der Waals surface area contributed by atoms with Crippen LogP contribution < -0.4 is 0 Å². The van der Waals surface area contributed by atoms with Crippen molar-refractivity contribution in [3.8, 4) is 0 Å². The number of carbonyl (C=O) groups excluding carboxylic acids is 2. The van der Waals surface area contributed by atoms with Gasteiger partial charge in [-0.25, -0.2) is 0 Å². The molecule has 2 N–H and O–H groups in total. The Morgan fingerprint density at radius 2 is 2.04 bits per heavy atom. The molecule has 3 fully saturated rings. The maximum absolute atomic E-state index is 12.6. The Kier molecular flexibility index (Phi) is 3.92. The molecule has 0 heterocycles. The summed E-state index contributed by atoms with van der Waals surface area (Å²) in [5, 5.41) is 22.5. The lowest BCUT2D eigenvalue weighted by molar-refractivity contribution is -0.176. The number of hydrogen-bond acceptors (Lipinski definition) is 4. The number of fused-ring (bicyclic) bond motifs is 5. The SMILES string of the molecule is CCC(=O)[C@@]1(O)CC[C@H]2[C@@H]3CCC4=CC(=O)C=C[C@]4(C)[C@H]3[C@@H](O)C[C@@]21C. The Morgan fingerprint density at radius 1 is 1.31 bits per heavy atom. The Morgan fingerprint density at radius 3 is 2.73 bits per heavy atom. The summed E-state index contributed by atoms with van der Waals surface area (Å²) in [7, 11) is 0. The van der Waals surface area contributed by atoms with E-state index in [2.05, 4.69) is 6.92 Å². The van der Waals surface area contributed by atoms with Gasteiger partial charge in [0.05, 0.1) is 6.10 Å². The van der Waals surface area contributed by atoms with Crippen molar-refractivity contribution in [2.75, 3.05) is 0 Å². The number of allylic oxidation sites excluding steroid dienone is 4. The molecule has 0 bridgehead atoms. The minimum Gasteiger partial charge on any atom is -0.393 e. The number of aliphatic hydroxyl groups excluding tert-OH is 1. The lowest BCUT2D eigenvalue weighted by Crippen LogP contribution is -2.61. The van der Waals surface area contributed by atoms with Crippen molar-refractivity contribution in [1.29, 1.82) is 0 Å². The maximum Gasteiger partial charge on any atom is 0.178 e. The first-order valence-corrected chi connectivity index (χ1v) is 10.1. The minimum absolute atomic E-state index is 0.0369. The van der Waals surface area contributed by atoms with Gasteiger partial charge in [0.2, 0.25) is 0 Å². The highest BCUT2D eigenvalue weighted by atomic mass is 16.3. The summed E-state index contributed by atoms with van der Waals surface area (Å²) < 4.78 is 0. The van der Waals surface area contributed by atoms with E-state index in [4.69, 9.17) is 0 Å².